The number of carbonyl (C=O) groups is 1. The first kappa shape index (κ1) is 15.6. The molecule has 3 heterocycles. The fraction of sp³-hybridized carbons (Fsp3) is 0.722. The van der Waals surface area contributed by atoms with Crippen LogP contribution in [0.3, 0.4) is 0 Å². The van der Waals surface area contributed by atoms with E-state index in [2.05, 4.69) is 55.5 Å². The molecule has 22 heavy (non-hydrogen) atoms. The van der Waals surface area contributed by atoms with Gasteiger partial charge in [0.05, 0.1) is 0 Å². The molecular weight excluding hydrogens is 274 g/mol. The van der Waals surface area contributed by atoms with Crippen LogP contribution in [0.4, 0.5) is 0 Å². The molecule has 0 aromatic carbocycles. The summed E-state index contributed by atoms with van der Waals surface area (Å²) in [5.74, 6) is 0.193. The van der Waals surface area contributed by atoms with Crippen molar-refractivity contribution >= 4 is 5.91 Å². The van der Waals surface area contributed by atoms with Gasteiger partial charge in [0.25, 0.3) is 5.91 Å². The van der Waals surface area contributed by atoms with Crippen LogP contribution in [0.5, 0.6) is 0 Å². The van der Waals surface area contributed by atoms with Crippen molar-refractivity contribution < 1.29 is 4.79 Å². The Morgan fingerprint density at radius 3 is 2.68 bits per heavy atom. The summed E-state index contributed by atoms with van der Waals surface area (Å²) in [5.41, 5.74) is 2.23. The molecule has 1 amide bonds. The van der Waals surface area contributed by atoms with E-state index in [1.165, 1.54) is 12.1 Å². The van der Waals surface area contributed by atoms with Gasteiger partial charge in [0, 0.05) is 36.9 Å². The fourth-order valence-corrected chi connectivity index (χ4v) is 3.78. The fourth-order valence-electron chi connectivity index (χ4n) is 3.78. The van der Waals surface area contributed by atoms with E-state index in [0.717, 1.165) is 31.7 Å². The quantitative estimate of drug-likeness (QED) is 0.865. The van der Waals surface area contributed by atoms with Gasteiger partial charge in [-0.05, 0) is 51.2 Å². The van der Waals surface area contributed by atoms with Gasteiger partial charge in [-0.3, -0.25) is 4.79 Å². The highest BCUT2D eigenvalue weighted by Gasteiger charge is 2.41. The third-order valence-electron chi connectivity index (χ3n) is 5.44. The van der Waals surface area contributed by atoms with Gasteiger partial charge in [-0.1, -0.05) is 13.8 Å². The molecule has 4 heteroatoms. The lowest BCUT2D eigenvalue weighted by Crippen LogP contribution is -2.56. The number of aromatic nitrogens is 1. The van der Waals surface area contributed by atoms with Gasteiger partial charge in [-0.15, -0.1) is 0 Å². The van der Waals surface area contributed by atoms with Crippen molar-refractivity contribution in [3.05, 3.63) is 23.5 Å². The molecule has 2 aliphatic heterocycles. The van der Waals surface area contributed by atoms with Crippen molar-refractivity contribution in [2.45, 2.75) is 65.6 Å². The number of piperidine rings is 1. The van der Waals surface area contributed by atoms with Crippen LogP contribution in [0.15, 0.2) is 12.1 Å². The van der Waals surface area contributed by atoms with Crippen molar-refractivity contribution in [3.8, 4) is 0 Å². The van der Waals surface area contributed by atoms with Crippen molar-refractivity contribution in [2.75, 3.05) is 13.1 Å². The Hall–Kier alpha value is -1.29. The van der Waals surface area contributed by atoms with Crippen molar-refractivity contribution in [2.24, 2.45) is 5.41 Å². The summed E-state index contributed by atoms with van der Waals surface area (Å²) in [7, 11) is 0. The summed E-state index contributed by atoms with van der Waals surface area (Å²) in [4.78, 5) is 15.3. The first-order valence-electron chi connectivity index (χ1n) is 8.46. The number of carbonyl (C=O) groups excluding carboxylic acids is 1. The zero-order chi connectivity index (χ0) is 16.1. The van der Waals surface area contributed by atoms with Crippen LogP contribution >= 0.6 is 0 Å². The number of amides is 1. The van der Waals surface area contributed by atoms with E-state index in [1.807, 2.05) is 6.07 Å². The smallest absolute Gasteiger partial charge is 0.270 e. The Labute approximate surface area is 133 Å². The van der Waals surface area contributed by atoms with Crippen molar-refractivity contribution in [1.29, 1.82) is 0 Å². The second kappa shape index (κ2) is 5.12. The molecule has 0 aliphatic carbocycles. The van der Waals surface area contributed by atoms with Crippen molar-refractivity contribution in [3.63, 3.8) is 0 Å². The molecule has 1 saturated heterocycles. The lowest BCUT2D eigenvalue weighted by Gasteiger charge is -2.49. The minimum atomic E-state index is -0.0597. The Kier molecular flexibility index (Phi) is 3.63. The van der Waals surface area contributed by atoms with Crippen LogP contribution in [0.25, 0.3) is 0 Å². The molecule has 1 aromatic heterocycles. The molecular formula is C18H29N3O. The lowest BCUT2D eigenvalue weighted by atomic mass is 9.76. The second-order valence-electron chi connectivity index (χ2n) is 8.34. The highest BCUT2D eigenvalue weighted by Crippen LogP contribution is 2.38. The molecule has 4 nitrogen and oxygen atoms in total. The number of nitrogens with one attached hydrogen (secondary N) is 1. The average Bonchev–Trinajstić information content (AvgIpc) is 2.87. The molecule has 0 saturated carbocycles. The normalized spacial score (nSPS) is 26.6. The number of nitrogens with zero attached hydrogens (tertiary/aromatic N) is 2. The SMILES string of the molecule is CC1NCCn2c(C(=O)N3CC(C)(C)CCC3(C)C)ccc21. The van der Waals surface area contributed by atoms with Crippen LogP contribution in [0.1, 0.15) is 69.7 Å². The Morgan fingerprint density at radius 2 is 1.95 bits per heavy atom. The highest BCUT2D eigenvalue weighted by molar-refractivity contribution is 5.93. The van der Waals surface area contributed by atoms with E-state index in [-0.39, 0.29) is 16.9 Å². The molecule has 1 aromatic rings. The lowest BCUT2D eigenvalue weighted by molar-refractivity contribution is 0.0116. The maximum atomic E-state index is 13.2. The first-order valence-corrected chi connectivity index (χ1v) is 8.46. The van der Waals surface area contributed by atoms with Crippen LogP contribution < -0.4 is 5.32 Å². The average molecular weight is 303 g/mol. The predicted molar refractivity (Wildman–Crippen MR) is 89.0 cm³/mol. The zero-order valence-electron chi connectivity index (χ0n) is 14.6. The van der Waals surface area contributed by atoms with E-state index in [1.54, 1.807) is 0 Å². The number of hydrogen-bond acceptors (Lipinski definition) is 2. The van der Waals surface area contributed by atoms with E-state index in [0.29, 0.717) is 6.04 Å². The van der Waals surface area contributed by atoms with Gasteiger partial charge in [0.1, 0.15) is 5.69 Å². The zero-order valence-corrected chi connectivity index (χ0v) is 14.6. The van der Waals surface area contributed by atoms with E-state index in [9.17, 15) is 4.79 Å². The first-order chi connectivity index (χ1) is 10.2. The molecule has 1 atom stereocenters. The summed E-state index contributed by atoms with van der Waals surface area (Å²) in [6, 6.07) is 4.44. The van der Waals surface area contributed by atoms with E-state index >= 15 is 0 Å². The maximum absolute atomic E-state index is 13.2. The molecule has 0 radical (unpaired) electrons. The van der Waals surface area contributed by atoms with Gasteiger partial charge >= 0.3 is 0 Å². The number of hydrogen-bond donors (Lipinski definition) is 1. The molecule has 0 spiro atoms. The summed E-state index contributed by atoms with van der Waals surface area (Å²) in [5, 5.41) is 3.45. The maximum Gasteiger partial charge on any atom is 0.270 e. The van der Waals surface area contributed by atoms with Gasteiger partial charge in [0.2, 0.25) is 0 Å². The van der Waals surface area contributed by atoms with Crippen LogP contribution in [0, 0.1) is 5.41 Å². The summed E-state index contributed by atoms with van der Waals surface area (Å²) >= 11 is 0. The Balaban J connectivity index is 1.93. The van der Waals surface area contributed by atoms with Crippen molar-refractivity contribution in [1.82, 2.24) is 14.8 Å². The van der Waals surface area contributed by atoms with Gasteiger partial charge < -0.3 is 14.8 Å². The minimum absolute atomic E-state index is 0.0597. The predicted octanol–water partition coefficient (Wildman–Crippen LogP) is 3.19. The molecule has 1 N–H and O–H groups in total. The van der Waals surface area contributed by atoms with Gasteiger partial charge in [0.15, 0.2) is 0 Å². The standard InChI is InChI=1S/C18H29N3O/c1-13-14-6-7-15(20(14)11-10-19-13)16(22)21-12-17(2,3)8-9-18(21,4)5/h6-7,13,19H,8-12H2,1-5H3. The number of likely N-dealkylation sites (tertiary alicyclic amines) is 1. The minimum Gasteiger partial charge on any atom is -0.338 e. The van der Waals surface area contributed by atoms with Gasteiger partial charge in [-0.2, -0.15) is 0 Å². The molecule has 3 rings (SSSR count). The summed E-state index contributed by atoms with van der Waals surface area (Å²) in [6.07, 6.45) is 2.24. The molecule has 2 aliphatic rings. The van der Waals surface area contributed by atoms with Crippen LogP contribution in [0.2, 0.25) is 0 Å². The van der Waals surface area contributed by atoms with Gasteiger partial charge in [-0.25, -0.2) is 0 Å². The Bertz CT molecular complexity index is 585. The molecule has 122 valence electrons. The second-order valence-corrected chi connectivity index (χ2v) is 8.34. The summed E-state index contributed by atoms with van der Waals surface area (Å²) < 4.78 is 2.21. The summed E-state index contributed by atoms with van der Waals surface area (Å²) in [6.45, 7) is 13.7. The molecule has 0 bridgehead atoms. The van der Waals surface area contributed by atoms with Crippen LogP contribution in [-0.2, 0) is 6.54 Å². The highest BCUT2D eigenvalue weighted by atomic mass is 16.2. The molecule has 1 unspecified atom stereocenters. The number of fused-ring (bicyclic) bond motifs is 1. The topological polar surface area (TPSA) is 37.3 Å². The van der Waals surface area contributed by atoms with E-state index in [4.69, 9.17) is 0 Å². The van der Waals surface area contributed by atoms with Crippen LogP contribution in [-0.4, -0.2) is 34.0 Å². The molecule has 1 fully saturated rings. The van der Waals surface area contributed by atoms with E-state index < -0.39 is 0 Å². The Morgan fingerprint density at radius 1 is 1.23 bits per heavy atom. The number of rotatable bonds is 1. The third kappa shape index (κ3) is 2.58. The third-order valence-corrected chi connectivity index (χ3v) is 5.44. The monoisotopic (exact) mass is 303 g/mol. The largest absolute Gasteiger partial charge is 0.338 e.